The van der Waals surface area contributed by atoms with Crippen LogP contribution in [-0.4, -0.2) is 24.3 Å². The van der Waals surface area contributed by atoms with Crippen LogP contribution in [0.5, 0.6) is 0 Å². The SMILES string of the molecule is CC1CO[C@]2(CC1=O)O[C@H]1C[C@H]3[C@@H]4CCC5CCCC[C@]5(C)[C@H]4CC[C@]3(C)[C@H]1[C@@H]2C. The van der Waals surface area contributed by atoms with Gasteiger partial charge in [0.05, 0.1) is 19.1 Å². The van der Waals surface area contributed by atoms with Gasteiger partial charge in [-0.05, 0) is 85.4 Å². The quantitative estimate of drug-likeness (QED) is 0.487. The molecule has 0 bridgehead atoms. The van der Waals surface area contributed by atoms with E-state index in [1.54, 1.807) is 0 Å². The van der Waals surface area contributed by atoms with Crippen LogP contribution in [0.2, 0.25) is 0 Å². The van der Waals surface area contributed by atoms with Crippen molar-refractivity contribution in [2.24, 2.45) is 52.3 Å². The van der Waals surface area contributed by atoms with E-state index in [0.29, 0.717) is 47.6 Å². The maximum atomic E-state index is 12.6. The van der Waals surface area contributed by atoms with Gasteiger partial charge in [-0.25, -0.2) is 0 Å². The van der Waals surface area contributed by atoms with Crippen molar-refractivity contribution in [1.82, 2.24) is 0 Å². The predicted octanol–water partition coefficient (Wildman–Crippen LogP) is 6.00. The van der Waals surface area contributed by atoms with Crippen molar-refractivity contribution in [2.75, 3.05) is 6.61 Å². The first-order valence-corrected chi connectivity index (χ1v) is 13.1. The summed E-state index contributed by atoms with van der Waals surface area (Å²) in [6.07, 6.45) is 13.6. The van der Waals surface area contributed by atoms with Crippen LogP contribution in [0.15, 0.2) is 0 Å². The van der Waals surface area contributed by atoms with Gasteiger partial charge in [0, 0.05) is 11.8 Å². The van der Waals surface area contributed by atoms with Crippen LogP contribution < -0.4 is 0 Å². The van der Waals surface area contributed by atoms with Crippen LogP contribution in [-0.2, 0) is 14.3 Å². The van der Waals surface area contributed by atoms with Gasteiger partial charge in [0.2, 0.25) is 0 Å². The molecule has 3 nitrogen and oxygen atoms in total. The first kappa shape index (κ1) is 20.2. The maximum Gasteiger partial charge on any atom is 0.178 e. The molecule has 1 spiro atoms. The van der Waals surface area contributed by atoms with Gasteiger partial charge in [0.1, 0.15) is 5.78 Å². The molecule has 0 aromatic rings. The van der Waals surface area contributed by atoms with Crippen molar-refractivity contribution < 1.29 is 14.3 Å². The molecule has 4 aliphatic carbocycles. The smallest absolute Gasteiger partial charge is 0.178 e. The summed E-state index contributed by atoms with van der Waals surface area (Å²) < 4.78 is 13.1. The molecule has 11 atom stereocenters. The Labute approximate surface area is 183 Å². The third-order valence-electron chi connectivity index (χ3n) is 11.8. The molecule has 6 aliphatic rings. The van der Waals surface area contributed by atoms with Crippen molar-refractivity contribution in [3.63, 3.8) is 0 Å². The van der Waals surface area contributed by atoms with Crippen LogP contribution in [0.4, 0.5) is 0 Å². The minimum atomic E-state index is -0.628. The molecule has 2 heterocycles. The van der Waals surface area contributed by atoms with Crippen molar-refractivity contribution in [3.8, 4) is 0 Å². The number of carbonyl (C=O) groups is 1. The number of fused-ring (bicyclic) bond motifs is 7. The van der Waals surface area contributed by atoms with E-state index in [1.807, 2.05) is 6.92 Å². The fraction of sp³-hybridized carbons (Fsp3) is 0.963. The van der Waals surface area contributed by atoms with E-state index >= 15 is 0 Å². The van der Waals surface area contributed by atoms with Gasteiger partial charge in [0.25, 0.3) is 0 Å². The summed E-state index contributed by atoms with van der Waals surface area (Å²) in [5.41, 5.74) is 0.963. The summed E-state index contributed by atoms with van der Waals surface area (Å²) >= 11 is 0. The Morgan fingerprint density at radius 3 is 2.57 bits per heavy atom. The molecule has 30 heavy (non-hydrogen) atoms. The van der Waals surface area contributed by atoms with Crippen LogP contribution in [0.3, 0.4) is 0 Å². The molecule has 4 saturated carbocycles. The molecule has 3 heteroatoms. The second-order valence-electron chi connectivity index (χ2n) is 12.8. The number of hydrogen-bond donors (Lipinski definition) is 0. The Kier molecular flexibility index (Phi) is 4.42. The van der Waals surface area contributed by atoms with Crippen LogP contribution in [0.25, 0.3) is 0 Å². The normalized spacial score (nSPS) is 60.1. The van der Waals surface area contributed by atoms with Crippen molar-refractivity contribution in [2.45, 2.75) is 104 Å². The lowest BCUT2D eigenvalue weighted by molar-refractivity contribution is -0.264. The molecule has 0 radical (unpaired) electrons. The Morgan fingerprint density at radius 1 is 0.933 bits per heavy atom. The summed E-state index contributed by atoms with van der Waals surface area (Å²) in [5.74, 6) is 4.24. The monoisotopic (exact) mass is 414 g/mol. The van der Waals surface area contributed by atoms with Crippen molar-refractivity contribution >= 4 is 5.78 Å². The van der Waals surface area contributed by atoms with E-state index in [2.05, 4.69) is 20.8 Å². The maximum absolute atomic E-state index is 12.6. The minimum absolute atomic E-state index is 0.0251. The standard InChI is InChI=1S/C27H42O3/c1-16-15-29-27(14-22(16)28)17(2)24-23(30-27)13-21-19-9-8-18-7-5-6-11-25(18,3)20(19)10-12-26(21,24)4/h16-21,23-24H,5-15H2,1-4H3/t16?,17-,18?,19+,20-,21-,23-,24-,25-,26-,27+/m0/s1. The molecule has 0 amide bonds. The number of ketones is 1. The summed E-state index contributed by atoms with van der Waals surface area (Å²) in [6.45, 7) is 10.1. The average molecular weight is 415 g/mol. The third kappa shape index (κ3) is 2.49. The first-order valence-electron chi connectivity index (χ1n) is 13.1. The molecule has 2 unspecified atom stereocenters. The molecule has 0 aromatic carbocycles. The highest BCUT2D eigenvalue weighted by molar-refractivity contribution is 5.82. The molecular weight excluding hydrogens is 372 g/mol. The van der Waals surface area contributed by atoms with Gasteiger partial charge in [0.15, 0.2) is 5.79 Å². The van der Waals surface area contributed by atoms with E-state index in [9.17, 15) is 4.79 Å². The second-order valence-corrected chi connectivity index (χ2v) is 12.8. The molecule has 0 N–H and O–H groups in total. The molecule has 168 valence electrons. The number of Topliss-reactive ketones (excluding diaryl/α,β-unsaturated/α-hetero) is 1. The lowest BCUT2D eigenvalue weighted by Gasteiger charge is -2.61. The highest BCUT2D eigenvalue weighted by atomic mass is 16.7. The average Bonchev–Trinajstić information content (AvgIpc) is 3.15. The zero-order valence-corrected chi connectivity index (χ0v) is 19.6. The summed E-state index contributed by atoms with van der Waals surface area (Å²) in [4.78, 5) is 12.6. The van der Waals surface area contributed by atoms with E-state index in [0.717, 1.165) is 23.7 Å². The van der Waals surface area contributed by atoms with Gasteiger partial charge >= 0.3 is 0 Å². The fourth-order valence-electron chi connectivity index (χ4n) is 10.2. The predicted molar refractivity (Wildman–Crippen MR) is 117 cm³/mol. The van der Waals surface area contributed by atoms with Gasteiger partial charge in [-0.2, -0.15) is 0 Å². The lowest BCUT2D eigenvalue weighted by Crippen LogP contribution is -2.54. The van der Waals surface area contributed by atoms with E-state index in [-0.39, 0.29) is 5.92 Å². The van der Waals surface area contributed by atoms with E-state index in [4.69, 9.17) is 9.47 Å². The molecule has 2 saturated heterocycles. The number of ether oxygens (including phenoxy) is 2. The number of hydrogen-bond acceptors (Lipinski definition) is 3. The zero-order chi connectivity index (χ0) is 20.9. The Morgan fingerprint density at radius 2 is 1.77 bits per heavy atom. The minimum Gasteiger partial charge on any atom is -0.348 e. The van der Waals surface area contributed by atoms with Gasteiger partial charge in [-0.15, -0.1) is 0 Å². The van der Waals surface area contributed by atoms with Crippen LogP contribution in [0.1, 0.15) is 91.9 Å². The Hall–Kier alpha value is -0.410. The number of carbonyl (C=O) groups excluding carboxylic acids is 1. The topological polar surface area (TPSA) is 35.5 Å². The summed E-state index contributed by atoms with van der Waals surface area (Å²) in [5, 5.41) is 0. The molecule has 2 aliphatic heterocycles. The summed E-state index contributed by atoms with van der Waals surface area (Å²) in [6, 6.07) is 0. The van der Waals surface area contributed by atoms with Crippen LogP contribution >= 0.6 is 0 Å². The van der Waals surface area contributed by atoms with Crippen molar-refractivity contribution in [3.05, 3.63) is 0 Å². The largest absolute Gasteiger partial charge is 0.348 e. The van der Waals surface area contributed by atoms with E-state index in [1.165, 1.54) is 57.8 Å². The first-order chi connectivity index (χ1) is 14.3. The van der Waals surface area contributed by atoms with E-state index < -0.39 is 5.79 Å². The zero-order valence-electron chi connectivity index (χ0n) is 19.6. The molecule has 6 rings (SSSR count). The molecular formula is C27H42O3. The van der Waals surface area contributed by atoms with Gasteiger partial charge in [-0.1, -0.05) is 40.5 Å². The fourth-order valence-corrected chi connectivity index (χ4v) is 10.2. The third-order valence-corrected chi connectivity index (χ3v) is 11.8. The lowest BCUT2D eigenvalue weighted by atomic mass is 9.44. The van der Waals surface area contributed by atoms with Gasteiger partial charge < -0.3 is 9.47 Å². The highest BCUT2D eigenvalue weighted by Gasteiger charge is 2.69. The summed E-state index contributed by atoms with van der Waals surface area (Å²) in [7, 11) is 0. The number of rotatable bonds is 0. The van der Waals surface area contributed by atoms with Gasteiger partial charge in [-0.3, -0.25) is 4.79 Å². The Balaban J connectivity index is 1.28. The van der Waals surface area contributed by atoms with Crippen LogP contribution in [0, 0.1) is 52.3 Å². The Bertz CT molecular complexity index is 734. The molecule has 6 fully saturated rings. The molecule has 0 aromatic heterocycles. The van der Waals surface area contributed by atoms with Crippen molar-refractivity contribution in [1.29, 1.82) is 0 Å². The highest BCUT2D eigenvalue weighted by Crippen LogP contribution is 2.71. The second kappa shape index (κ2) is 6.56.